The molecule has 0 aromatic heterocycles. The second kappa shape index (κ2) is 5.97. The summed E-state index contributed by atoms with van der Waals surface area (Å²) in [5.74, 6) is -1.71. The number of amides is 2. The van der Waals surface area contributed by atoms with Crippen LogP contribution in [0.2, 0.25) is 0 Å². The Kier molecular flexibility index (Phi) is 4.83. The van der Waals surface area contributed by atoms with Gasteiger partial charge >= 0.3 is 11.3 Å². The van der Waals surface area contributed by atoms with Crippen molar-refractivity contribution in [2.45, 2.75) is 18.9 Å². The van der Waals surface area contributed by atoms with Gasteiger partial charge in [0.1, 0.15) is 0 Å². The van der Waals surface area contributed by atoms with Crippen molar-refractivity contribution in [1.82, 2.24) is 4.90 Å². The number of hydrogen-bond acceptors (Lipinski definition) is 2. The molecule has 0 saturated carbocycles. The summed E-state index contributed by atoms with van der Waals surface area (Å²) < 4.78 is 25.0. The molecular weight excluding hydrogens is 278 g/mol. The lowest BCUT2D eigenvalue weighted by molar-refractivity contribution is -0.130. The topological polar surface area (TPSA) is 49.4 Å². The molecule has 0 heterocycles. The van der Waals surface area contributed by atoms with Gasteiger partial charge in [0, 0.05) is 26.2 Å². The standard InChI is InChI=1S/C12H13ClF2N2O2/c1-8(18)17(2)7-9-4-3-5-10(6-9)16-11(19)12(13,14)15/h3-6H,7H2,1-2H3,(H,16,19). The first-order chi connectivity index (χ1) is 8.70. The third kappa shape index (κ3) is 4.82. The number of anilines is 1. The van der Waals surface area contributed by atoms with Gasteiger partial charge in [0.2, 0.25) is 5.91 Å². The second-order valence-corrected chi connectivity index (χ2v) is 4.50. The van der Waals surface area contributed by atoms with Crippen molar-refractivity contribution >= 4 is 29.1 Å². The molecule has 1 aromatic carbocycles. The zero-order chi connectivity index (χ0) is 14.6. The Morgan fingerprint density at radius 3 is 2.58 bits per heavy atom. The number of halogens is 3. The van der Waals surface area contributed by atoms with Crippen molar-refractivity contribution in [3.63, 3.8) is 0 Å². The van der Waals surface area contributed by atoms with Crippen molar-refractivity contribution in [3.05, 3.63) is 29.8 Å². The highest BCUT2D eigenvalue weighted by atomic mass is 35.5. The number of benzene rings is 1. The van der Waals surface area contributed by atoms with E-state index in [4.69, 9.17) is 0 Å². The Bertz CT molecular complexity index is 489. The molecule has 0 fully saturated rings. The summed E-state index contributed by atoms with van der Waals surface area (Å²) in [4.78, 5) is 23.6. The molecule has 0 atom stereocenters. The van der Waals surface area contributed by atoms with Crippen LogP contribution in [0.4, 0.5) is 14.5 Å². The molecule has 0 radical (unpaired) electrons. The molecule has 0 bridgehead atoms. The molecule has 0 spiro atoms. The lowest BCUT2D eigenvalue weighted by atomic mass is 10.2. The third-order valence-electron chi connectivity index (χ3n) is 2.40. The molecule has 0 saturated heterocycles. The summed E-state index contributed by atoms with van der Waals surface area (Å²) in [5.41, 5.74) is 0.896. The molecule has 0 aliphatic heterocycles. The molecule has 4 nitrogen and oxygen atoms in total. The van der Waals surface area contributed by atoms with E-state index in [1.807, 2.05) is 5.32 Å². The smallest absolute Gasteiger partial charge is 0.342 e. The minimum atomic E-state index is -3.95. The maximum Gasteiger partial charge on any atom is 0.400 e. The molecule has 1 aromatic rings. The molecule has 0 aliphatic rings. The normalized spacial score (nSPS) is 11.0. The molecule has 104 valence electrons. The van der Waals surface area contributed by atoms with Gasteiger partial charge in [-0.05, 0) is 29.3 Å². The van der Waals surface area contributed by atoms with Crippen LogP contribution in [0.25, 0.3) is 0 Å². The van der Waals surface area contributed by atoms with Crippen LogP contribution in [0, 0.1) is 0 Å². The fourth-order valence-electron chi connectivity index (χ4n) is 1.33. The SMILES string of the molecule is CC(=O)N(C)Cc1cccc(NC(=O)C(F)(F)Cl)c1. The summed E-state index contributed by atoms with van der Waals surface area (Å²) in [7, 11) is 1.61. The van der Waals surface area contributed by atoms with E-state index in [1.54, 1.807) is 19.2 Å². The van der Waals surface area contributed by atoms with E-state index < -0.39 is 11.3 Å². The molecule has 1 N–H and O–H groups in total. The van der Waals surface area contributed by atoms with Gasteiger partial charge in [-0.25, -0.2) is 0 Å². The summed E-state index contributed by atoms with van der Waals surface area (Å²) >= 11 is 4.60. The fraction of sp³-hybridized carbons (Fsp3) is 0.333. The monoisotopic (exact) mass is 290 g/mol. The van der Waals surface area contributed by atoms with E-state index in [1.165, 1.54) is 24.0 Å². The Hall–Kier alpha value is -1.69. The molecule has 1 rings (SSSR count). The number of carbonyl (C=O) groups excluding carboxylic acids is 2. The number of nitrogens with zero attached hydrogens (tertiary/aromatic N) is 1. The Balaban J connectivity index is 2.78. The van der Waals surface area contributed by atoms with Gasteiger partial charge in [0.05, 0.1) is 0 Å². The Labute approximate surface area is 114 Å². The van der Waals surface area contributed by atoms with Gasteiger partial charge < -0.3 is 10.2 Å². The van der Waals surface area contributed by atoms with E-state index in [0.717, 1.165) is 0 Å². The quantitative estimate of drug-likeness (QED) is 0.866. The zero-order valence-electron chi connectivity index (χ0n) is 10.4. The number of alkyl halides is 3. The first-order valence-electron chi connectivity index (χ1n) is 5.39. The molecule has 2 amide bonds. The van der Waals surface area contributed by atoms with Crippen molar-refractivity contribution in [1.29, 1.82) is 0 Å². The van der Waals surface area contributed by atoms with Crippen molar-refractivity contribution in [3.8, 4) is 0 Å². The molecule has 7 heteroatoms. The van der Waals surface area contributed by atoms with Crippen LogP contribution in [0.3, 0.4) is 0 Å². The van der Waals surface area contributed by atoms with E-state index in [9.17, 15) is 18.4 Å². The van der Waals surface area contributed by atoms with Crippen LogP contribution in [0.15, 0.2) is 24.3 Å². The predicted octanol–water partition coefficient (Wildman–Crippen LogP) is 2.43. The highest BCUT2D eigenvalue weighted by Gasteiger charge is 2.35. The zero-order valence-corrected chi connectivity index (χ0v) is 11.2. The van der Waals surface area contributed by atoms with E-state index in [-0.39, 0.29) is 11.6 Å². The van der Waals surface area contributed by atoms with Gasteiger partial charge in [-0.1, -0.05) is 12.1 Å². The average molecular weight is 291 g/mol. The second-order valence-electron chi connectivity index (χ2n) is 4.03. The van der Waals surface area contributed by atoms with Crippen LogP contribution in [-0.2, 0) is 16.1 Å². The van der Waals surface area contributed by atoms with E-state index in [0.29, 0.717) is 12.1 Å². The molecule has 19 heavy (non-hydrogen) atoms. The summed E-state index contributed by atoms with van der Waals surface area (Å²) in [6.45, 7) is 1.73. The number of hydrogen-bond donors (Lipinski definition) is 1. The lowest BCUT2D eigenvalue weighted by Crippen LogP contribution is -2.29. The maximum absolute atomic E-state index is 12.5. The van der Waals surface area contributed by atoms with Crippen molar-refractivity contribution in [2.24, 2.45) is 0 Å². The summed E-state index contributed by atoms with van der Waals surface area (Å²) in [5, 5.41) is -1.95. The Morgan fingerprint density at radius 2 is 2.05 bits per heavy atom. The highest BCUT2D eigenvalue weighted by molar-refractivity contribution is 6.33. The number of carbonyl (C=O) groups is 2. The molecule has 0 unspecified atom stereocenters. The maximum atomic E-state index is 12.5. The minimum Gasteiger partial charge on any atom is -0.342 e. The predicted molar refractivity (Wildman–Crippen MR) is 68.0 cm³/mol. The fourth-order valence-corrected chi connectivity index (χ4v) is 1.38. The number of nitrogens with one attached hydrogen (secondary N) is 1. The largest absolute Gasteiger partial charge is 0.400 e. The van der Waals surface area contributed by atoms with E-state index >= 15 is 0 Å². The average Bonchev–Trinajstić information content (AvgIpc) is 2.27. The van der Waals surface area contributed by atoms with Crippen LogP contribution in [0.5, 0.6) is 0 Å². The summed E-state index contributed by atoms with van der Waals surface area (Å²) in [6, 6.07) is 6.26. The van der Waals surface area contributed by atoms with Gasteiger partial charge in [-0.2, -0.15) is 8.78 Å². The van der Waals surface area contributed by atoms with Gasteiger partial charge in [-0.3, -0.25) is 9.59 Å². The molecule has 0 aliphatic carbocycles. The van der Waals surface area contributed by atoms with Crippen molar-refractivity contribution in [2.75, 3.05) is 12.4 Å². The Morgan fingerprint density at radius 1 is 1.42 bits per heavy atom. The number of rotatable bonds is 4. The lowest BCUT2D eigenvalue weighted by Gasteiger charge is -2.15. The summed E-state index contributed by atoms with van der Waals surface area (Å²) in [6.07, 6.45) is 0. The third-order valence-corrected chi connectivity index (χ3v) is 2.57. The first-order valence-corrected chi connectivity index (χ1v) is 5.77. The van der Waals surface area contributed by atoms with Crippen LogP contribution in [-0.4, -0.2) is 29.1 Å². The van der Waals surface area contributed by atoms with Crippen LogP contribution < -0.4 is 5.32 Å². The van der Waals surface area contributed by atoms with Gasteiger partial charge in [0.25, 0.3) is 0 Å². The van der Waals surface area contributed by atoms with Crippen LogP contribution >= 0.6 is 11.6 Å². The van der Waals surface area contributed by atoms with E-state index in [2.05, 4.69) is 11.6 Å². The first kappa shape index (κ1) is 15.4. The molecular formula is C12H13ClF2N2O2. The van der Waals surface area contributed by atoms with Crippen molar-refractivity contribution < 1.29 is 18.4 Å². The van der Waals surface area contributed by atoms with Crippen LogP contribution in [0.1, 0.15) is 12.5 Å². The minimum absolute atomic E-state index is 0.123. The van der Waals surface area contributed by atoms with Gasteiger partial charge in [0.15, 0.2) is 0 Å². The highest BCUT2D eigenvalue weighted by Crippen LogP contribution is 2.21. The van der Waals surface area contributed by atoms with Gasteiger partial charge in [-0.15, -0.1) is 0 Å².